The third kappa shape index (κ3) is 2.26. The standard InChI is InChI=1S/C12H12ClNO3/c1-2-17-10(15)6-8-7-4-3-5-9(13)11(7)14-12(8)16/h3-5,8H,2,6H2,1H3,(H,14,16). The number of amides is 1. The topological polar surface area (TPSA) is 55.4 Å². The van der Waals surface area contributed by atoms with E-state index >= 15 is 0 Å². The smallest absolute Gasteiger partial charge is 0.306 e. The molecule has 4 nitrogen and oxygen atoms in total. The number of carbonyl (C=O) groups is 2. The summed E-state index contributed by atoms with van der Waals surface area (Å²) in [6.45, 7) is 2.05. The summed E-state index contributed by atoms with van der Waals surface area (Å²) in [5.74, 6) is -1.08. The summed E-state index contributed by atoms with van der Waals surface area (Å²) in [6, 6.07) is 5.26. The molecule has 0 bridgehead atoms. The lowest BCUT2D eigenvalue weighted by Gasteiger charge is -2.07. The van der Waals surface area contributed by atoms with Crippen LogP contribution in [0.3, 0.4) is 0 Å². The zero-order valence-corrected chi connectivity index (χ0v) is 10.1. The molecule has 1 unspecified atom stereocenters. The van der Waals surface area contributed by atoms with Crippen LogP contribution in [0.4, 0.5) is 5.69 Å². The van der Waals surface area contributed by atoms with Gasteiger partial charge in [0, 0.05) is 0 Å². The van der Waals surface area contributed by atoms with E-state index in [1.54, 1.807) is 25.1 Å². The number of fused-ring (bicyclic) bond motifs is 1. The molecule has 1 aliphatic rings. The van der Waals surface area contributed by atoms with E-state index in [-0.39, 0.29) is 18.3 Å². The van der Waals surface area contributed by atoms with Crippen molar-refractivity contribution in [3.8, 4) is 0 Å². The summed E-state index contributed by atoms with van der Waals surface area (Å²) in [5.41, 5.74) is 1.36. The van der Waals surface area contributed by atoms with Crippen molar-refractivity contribution in [2.24, 2.45) is 0 Å². The van der Waals surface area contributed by atoms with E-state index in [0.717, 1.165) is 5.56 Å². The van der Waals surface area contributed by atoms with Gasteiger partial charge in [0.15, 0.2) is 0 Å². The van der Waals surface area contributed by atoms with E-state index in [4.69, 9.17) is 16.3 Å². The summed E-state index contributed by atoms with van der Waals surface area (Å²) < 4.78 is 4.85. The SMILES string of the molecule is CCOC(=O)CC1C(=O)Nc2c(Cl)cccc21. The molecule has 1 aromatic carbocycles. The Bertz CT molecular complexity index is 473. The Morgan fingerprint density at radius 2 is 2.29 bits per heavy atom. The number of para-hydroxylation sites is 1. The highest BCUT2D eigenvalue weighted by molar-refractivity contribution is 6.34. The number of benzene rings is 1. The molecule has 1 aliphatic heterocycles. The Hall–Kier alpha value is -1.55. The van der Waals surface area contributed by atoms with Gasteiger partial charge in [-0.1, -0.05) is 23.7 Å². The molecule has 0 fully saturated rings. The molecule has 90 valence electrons. The van der Waals surface area contributed by atoms with Gasteiger partial charge in [0.1, 0.15) is 0 Å². The van der Waals surface area contributed by atoms with E-state index in [0.29, 0.717) is 17.3 Å². The quantitative estimate of drug-likeness (QED) is 0.841. The zero-order valence-electron chi connectivity index (χ0n) is 9.33. The lowest BCUT2D eigenvalue weighted by Crippen LogP contribution is -2.17. The number of halogens is 1. The molecular weight excluding hydrogens is 242 g/mol. The van der Waals surface area contributed by atoms with Crippen molar-refractivity contribution in [2.75, 3.05) is 11.9 Å². The molecule has 5 heteroatoms. The maximum Gasteiger partial charge on any atom is 0.306 e. The van der Waals surface area contributed by atoms with Gasteiger partial charge >= 0.3 is 5.97 Å². The first-order valence-electron chi connectivity index (χ1n) is 5.38. The van der Waals surface area contributed by atoms with E-state index in [2.05, 4.69) is 5.32 Å². The van der Waals surface area contributed by atoms with Gasteiger partial charge in [-0.05, 0) is 18.6 Å². The highest BCUT2D eigenvalue weighted by atomic mass is 35.5. The van der Waals surface area contributed by atoms with Crippen molar-refractivity contribution >= 4 is 29.2 Å². The van der Waals surface area contributed by atoms with Crippen LogP contribution in [0, 0.1) is 0 Å². The molecule has 1 aromatic rings. The van der Waals surface area contributed by atoms with E-state index < -0.39 is 5.92 Å². The second-order valence-electron chi connectivity index (χ2n) is 3.76. The first-order chi connectivity index (χ1) is 8.13. The summed E-state index contributed by atoms with van der Waals surface area (Å²) in [4.78, 5) is 23.1. The van der Waals surface area contributed by atoms with Crippen LogP contribution in [0.5, 0.6) is 0 Å². The lowest BCUT2D eigenvalue weighted by atomic mass is 9.97. The van der Waals surface area contributed by atoms with Crippen LogP contribution in [-0.2, 0) is 14.3 Å². The average Bonchev–Trinajstić information content (AvgIpc) is 2.58. The lowest BCUT2D eigenvalue weighted by molar-refractivity contribution is -0.144. The van der Waals surface area contributed by atoms with Crippen LogP contribution in [0.2, 0.25) is 5.02 Å². The van der Waals surface area contributed by atoms with E-state index in [1.165, 1.54) is 0 Å². The number of anilines is 1. The molecule has 0 saturated heterocycles. The Balaban J connectivity index is 2.23. The molecular formula is C12H12ClNO3. The Labute approximate surface area is 104 Å². The molecule has 0 saturated carbocycles. The van der Waals surface area contributed by atoms with Crippen molar-refractivity contribution < 1.29 is 14.3 Å². The molecule has 1 N–H and O–H groups in total. The fourth-order valence-corrected chi connectivity index (χ4v) is 2.13. The fourth-order valence-electron chi connectivity index (χ4n) is 1.90. The van der Waals surface area contributed by atoms with Gasteiger partial charge < -0.3 is 10.1 Å². The Kier molecular flexibility index (Phi) is 3.33. The number of ether oxygens (including phenoxy) is 1. The highest BCUT2D eigenvalue weighted by Crippen LogP contribution is 2.39. The monoisotopic (exact) mass is 253 g/mol. The first-order valence-corrected chi connectivity index (χ1v) is 5.76. The maximum atomic E-state index is 11.7. The van der Waals surface area contributed by atoms with Crippen molar-refractivity contribution in [1.82, 2.24) is 0 Å². The Morgan fingerprint density at radius 1 is 1.53 bits per heavy atom. The van der Waals surface area contributed by atoms with Gasteiger partial charge in [-0.2, -0.15) is 0 Å². The van der Waals surface area contributed by atoms with Crippen LogP contribution in [0.25, 0.3) is 0 Å². The van der Waals surface area contributed by atoms with Gasteiger partial charge in [-0.15, -0.1) is 0 Å². The number of nitrogens with one attached hydrogen (secondary N) is 1. The minimum absolute atomic E-state index is 0.0486. The second-order valence-corrected chi connectivity index (χ2v) is 4.16. The van der Waals surface area contributed by atoms with E-state index in [9.17, 15) is 9.59 Å². The predicted molar refractivity (Wildman–Crippen MR) is 64.1 cm³/mol. The molecule has 0 spiro atoms. The second kappa shape index (κ2) is 4.75. The van der Waals surface area contributed by atoms with Gasteiger partial charge in [-0.3, -0.25) is 9.59 Å². The third-order valence-electron chi connectivity index (χ3n) is 2.66. The number of esters is 1. The minimum Gasteiger partial charge on any atom is -0.466 e. The summed E-state index contributed by atoms with van der Waals surface area (Å²) in [7, 11) is 0. The van der Waals surface area contributed by atoms with E-state index in [1.807, 2.05) is 0 Å². The molecule has 0 aromatic heterocycles. The molecule has 1 amide bonds. The molecule has 0 aliphatic carbocycles. The number of hydrogen-bond acceptors (Lipinski definition) is 3. The van der Waals surface area contributed by atoms with Crippen molar-refractivity contribution in [3.05, 3.63) is 28.8 Å². The fraction of sp³-hybridized carbons (Fsp3) is 0.333. The van der Waals surface area contributed by atoms with Gasteiger partial charge in [0.05, 0.1) is 29.7 Å². The molecule has 2 rings (SSSR count). The molecule has 1 heterocycles. The van der Waals surface area contributed by atoms with Crippen LogP contribution < -0.4 is 5.32 Å². The molecule has 17 heavy (non-hydrogen) atoms. The van der Waals surface area contributed by atoms with Crippen molar-refractivity contribution in [3.63, 3.8) is 0 Å². The summed E-state index contributed by atoms with van der Waals surface area (Å²) in [5, 5.41) is 3.17. The largest absolute Gasteiger partial charge is 0.466 e. The van der Waals surface area contributed by atoms with Crippen LogP contribution in [0.15, 0.2) is 18.2 Å². The summed E-state index contributed by atoms with van der Waals surface area (Å²) in [6.07, 6.45) is 0.0486. The summed E-state index contributed by atoms with van der Waals surface area (Å²) >= 11 is 5.97. The number of carbonyl (C=O) groups excluding carboxylic acids is 2. The van der Waals surface area contributed by atoms with Crippen LogP contribution >= 0.6 is 11.6 Å². The molecule has 0 radical (unpaired) electrons. The predicted octanol–water partition coefficient (Wildman–Crippen LogP) is 2.33. The van der Waals surface area contributed by atoms with Gasteiger partial charge in [0.2, 0.25) is 5.91 Å². The van der Waals surface area contributed by atoms with Crippen LogP contribution in [-0.4, -0.2) is 18.5 Å². The zero-order chi connectivity index (χ0) is 12.4. The van der Waals surface area contributed by atoms with Crippen molar-refractivity contribution in [2.45, 2.75) is 19.3 Å². The van der Waals surface area contributed by atoms with Crippen molar-refractivity contribution in [1.29, 1.82) is 0 Å². The normalized spacial score (nSPS) is 17.5. The highest BCUT2D eigenvalue weighted by Gasteiger charge is 2.33. The first kappa shape index (κ1) is 11.9. The Morgan fingerprint density at radius 3 is 3.00 bits per heavy atom. The maximum absolute atomic E-state index is 11.7. The van der Waals surface area contributed by atoms with Gasteiger partial charge in [0.25, 0.3) is 0 Å². The van der Waals surface area contributed by atoms with Crippen LogP contribution in [0.1, 0.15) is 24.8 Å². The molecule has 1 atom stereocenters. The minimum atomic E-state index is -0.497. The van der Waals surface area contributed by atoms with Gasteiger partial charge in [-0.25, -0.2) is 0 Å². The average molecular weight is 254 g/mol. The third-order valence-corrected chi connectivity index (χ3v) is 2.98. The number of hydrogen-bond donors (Lipinski definition) is 1. The number of rotatable bonds is 3.